The maximum atomic E-state index is 4.55. The maximum Gasteiger partial charge on any atom is 0.125 e. The van der Waals surface area contributed by atoms with Crippen LogP contribution in [0.4, 0.5) is 5.82 Å². The fraction of sp³-hybridized carbons (Fsp3) is 0.556. The molecule has 0 saturated carbocycles. The van der Waals surface area contributed by atoms with Crippen LogP contribution in [0.1, 0.15) is 41.3 Å². The largest absolute Gasteiger partial charge is 0.373 e. The van der Waals surface area contributed by atoms with Crippen molar-refractivity contribution in [3.05, 3.63) is 40.8 Å². The first-order chi connectivity index (χ1) is 11.1. The quantitative estimate of drug-likeness (QED) is 0.943. The summed E-state index contributed by atoms with van der Waals surface area (Å²) in [6.45, 7) is 7.58. The minimum atomic E-state index is 0.594. The van der Waals surface area contributed by atoms with Gasteiger partial charge in [0, 0.05) is 44.6 Å². The van der Waals surface area contributed by atoms with Gasteiger partial charge in [0.05, 0.1) is 5.69 Å². The molecule has 1 aliphatic rings. The molecule has 1 N–H and O–H groups in total. The van der Waals surface area contributed by atoms with Crippen LogP contribution >= 0.6 is 0 Å². The fourth-order valence-electron chi connectivity index (χ4n) is 3.58. The molecule has 2 aromatic rings. The molecule has 124 valence electrons. The van der Waals surface area contributed by atoms with E-state index < -0.39 is 0 Å². The van der Waals surface area contributed by atoms with E-state index in [1.54, 1.807) is 0 Å². The van der Waals surface area contributed by atoms with Gasteiger partial charge in [0.1, 0.15) is 5.82 Å². The molecule has 3 heterocycles. The molecule has 0 radical (unpaired) electrons. The second-order valence-electron chi connectivity index (χ2n) is 6.57. The molecule has 0 unspecified atom stereocenters. The first kappa shape index (κ1) is 16.0. The lowest BCUT2D eigenvalue weighted by atomic mass is 9.91. The molecule has 1 atom stereocenters. The summed E-state index contributed by atoms with van der Waals surface area (Å²) in [4.78, 5) is 6.90. The van der Waals surface area contributed by atoms with E-state index in [0.717, 1.165) is 24.6 Å². The number of rotatable bonds is 4. The Morgan fingerprint density at radius 3 is 2.87 bits per heavy atom. The zero-order chi connectivity index (χ0) is 16.4. The SMILES string of the molecule is CNc1cc([C@@H]2CCCN(Cc3c(C)nn(C)c3C)C2)ccn1. The van der Waals surface area contributed by atoms with E-state index in [1.165, 1.54) is 36.2 Å². The van der Waals surface area contributed by atoms with Crippen molar-refractivity contribution in [2.75, 3.05) is 25.5 Å². The van der Waals surface area contributed by atoms with E-state index >= 15 is 0 Å². The van der Waals surface area contributed by atoms with Crippen molar-refractivity contribution in [2.24, 2.45) is 7.05 Å². The second kappa shape index (κ2) is 6.71. The Bertz CT molecular complexity index is 676. The molecular formula is C18H27N5. The van der Waals surface area contributed by atoms with Crippen LogP contribution in [-0.2, 0) is 13.6 Å². The highest BCUT2D eigenvalue weighted by Gasteiger charge is 2.23. The van der Waals surface area contributed by atoms with E-state index in [-0.39, 0.29) is 0 Å². The van der Waals surface area contributed by atoms with Crippen molar-refractivity contribution >= 4 is 5.82 Å². The monoisotopic (exact) mass is 313 g/mol. The fourth-order valence-corrected chi connectivity index (χ4v) is 3.58. The number of nitrogens with zero attached hydrogens (tertiary/aromatic N) is 4. The van der Waals surface area contributed by atoms with E-state index in [1.807, 2.05) is 25.0 Å². The standard InChI is InChI=1S/C18H27N5/c1-13-17(14(2)22(4)21-13)12-23-9-5-6-16(11-23)15-7-8-20-18(10-15)19-3/h7-8,10,16H,5-6,9,11-12H2,1-4H3,(H,19,20)/t16-/m1/s1. The molecule has 23 heavy (non-hydrogen) atoms. The van der Waals surface area contributed by atoms with Gasteiger partial charge in [-0.2, -0.15) is 5.10 Å². The zero-order valence-corrected chi connectivity index (χ0v) is 14.6. The van der Waals surface area contributed by atoms with Gasteiger partial charge in [-0.1, -0.05) is 0 Å². The highest BCUT2D eigenvalue weighted by molar-refractivity contribution is 5.38. The molecule has 0 amide bonds. The number of piperidine rings is 1. The maximum absolute atomic E-state index is 4.55. The number of hydrogen-bond donors (Lipinski definition) is 1. The van der Waals surface area contributed by atoms with Crippen LogP contribution in [0, 0.1) is 13.8 Å². The second-order valence-corrected chi connectivity index (χ2v) is 6.57. The van der Waals surface area contributed by atoms with Gasteiger partial charge >= 0.3 is 0 Å². The minimum Gasteiger partial charge on any atom is -0.373 e. The zero-order valence-electron chi connectivity index (χ0n) is 14.6. The molecule has 2 aromatic heterocycles. The van der Waals surface area contributed by atoms with E-state index in [0.29, 0.717) is 5.92 Å². The molecule has 0 bridgehead atoms. The third-order valence-electron chi connectivity index (χ3n) is 5.06. The van der Waals surface area contributed by atoms with Gasteiger partial charge in [-0.15, -0.1) is 0 Å². The number of anilines is 1. The summed E-state index contributed by atoms with van der Waals surface area (Å²) in [7, 11) is 3.95. The first-order valence-electron chi connectivity index (χ1n) is 8.43. The van der Waals surface area contributed by atoms with E-state index in [4.69, 9.17) is 0 Å². The summed E-state index contributed by atoms with van der Waals surface area (Å²) in [6, 6.07) is 4.35. The predicted octanol–water partition coefficient (Wildman–Crippen LogP) is 2.85. The molecular weight excluding hydrogens is 286 g/mol. The number of hydrogen-bond acceptors (Lipinski definition) is 4. The number of likely N-dealkylation sites (tertiary alicyclic amines) is 1. The molecule has 0 aliphatic carbocycles. The Morgan fingerprint density at radius 2 is 2.17 bits per heavy atom. The summed E-state index contributed by atoms with van der Waals surface area (Å²) in [6.07, 6.45) is 4.42. The molecule has 5 heteroatoms. The Labute approximate surface area is 138 Å². The van der Waals surface area contributed by atoms with Crippen molar-refractivity contribution in [1.29, 1.82) is 0 Å². The van der Waals surface area contributed by atoms with E-state index in [2.05, 4.69) is 46.3 Å². The Morgan fingerprint density at radius 1 is 1.35 bits per heavy atom. The normalized spacial score (nSPS) is 19.0. The lowest BCUT2D eigenvalue weighted by Crippen LogP contribution is -2.34. The first-order valence-corrected chi connectivity index (χ1v) is 8.43. The minimum absolute atomic E-state index is 0.594. The lowest BCUT2D eigenvalue weighted by Gasteiger charge is -2.33. The molecule has 0 spiro atoms. The van der Waals surface area contributed by atoms with Gasteiger partial charge in [0.15, 0.2) is 0 Å². The Hall–Kier alpha value is -1.88. The lowest BCUT2D eigenvalue weighted by molar-refractivity contribution is 0.199. The van der Waals surface area contributed by atoms with E-state index in [9.17, 15) is 0 Å². The van der Waals surface area contributed by atoms with Gasteiger partial charge in [-0.05, 0) is 56.8 Å². The van der Waals surface area contributed by atoms with Gasteiger partial charge in [0.2, 0.25) is 0 Å². The summed E-state index contributed by atoms with van der Waals surface area (Å²) in [5, 5.41) is 7.69. The van der Waals surface area contributed by atoms with Crippen LogP contribution in [-0.4, -0.2) is 39.8 Å². The van der Waals surface area contributed by atoms with Gasteiger partial charge in [0.25, 0.3) is 0 Å². The van der Waals surface area contributed by atoms with Crippen molar-refractivity contribution in [2.45, 2.75) is 39.2 Å². The molecule has 5 nitrogen and oxygen atoms in total. The smallest absolute Gasteiger partial charge is 0.125 e. The van der Waals surface area contributed by atoms with Gasteiger partial charge in [-0.3, -0.25) is 9.58 Å². The molecule has 1 fully saturated rings. The average molecular weight is 313 g/mol. The molecule has 0 aromatic carbocycles. The predicted molar refractivity (Wildman–Crippen MR) is 93.7 cm³/mol. The number of aromatic nitrogens is 3. The summed E-state index contributed by atoms with van der Waals surface area (Å²) < 4.78 is 1.99. The van der Waals surface area contributed by atoms with Crippen molar-refractivity contribution < 1.29 is 0 Å². The summed E-state index contributed by atoms with van der Waals surface area (Å²) in [5.74, 6) is 1.55. The highest BCUT2D eigenvalue weighted by Crippen LogP contribution is 2.29. The van der Waals surface area contributed by atoms with Crippen LogP contribution in [0.5, 0.6) is 0 Å². The topological polar surface area (TPSA) is 46.0 Å². The van der Waals surface area contributed by atoms with Gasteiger partial charge < -0.3 is 5.32 Å². The number of nitrogens with one attached hydrogen (secondary N) is 1. The van der Waals surface area contributed by atoms with Crippen molar-refractivity contribution in [3.63, 3.8) is 0 Å². The van der Waals surface area contributed by atoms with Crippen LogP contribution in [0.3, 0.4) is 0 Å². The molecule has 1 saturated heterocycles. The van der Waals surface area contributed by atoms with Crippen molar-refractivity contribution in [3.8, 4) is 0 Å². The Balaban J connectivity index is 1.73. The molecule has 1 aliphatic heterocycles. The molecule has 3 rings (SSSR count). The van der Waals surface area contributed by atoms with Crippen LogP contribution in [0.25, 0.3) is 0 Å². The van der Waals surface area contributed by atoms with Crippen LogP contribution < -0.4 is 5.32 Å². The summed E-state index contributed by atoms with van der Waals surface area (Å²) >= 11 is 0. The summed E-state index contributed by atoms with van der Waals surface area (Å²) in [5.41, 5.74) is 5.23. The number of pyridine rings is 1. The van der Waals surface area contributed by atoms with Crippen LogP contribution in [0.15, 0.2) is 18.3 Å². The van der Waals surface area contributed by atoms with Crippen LogP contribution in [0.2, 0.25) is 0 Å². The van der Waals surface area contributed by atoms with Gasteiger partial charge in [-0.25, -0.2) is 4.98 Å². The highest BCUT2D eigenvalue weighted by atomic mass is 15.3. The third kappa shape index (κ3) is 3.39. The number of aryl methyl sites for hydroxylation is 2. The third-order valence-corrected chi connectivity index (χ3v) is 5.06. The Kier molecular flexibility index (Phi) is 4.66. The van der Waals surface area contributed by atoms with Crippen molar-refractivity contribution in [1.82, 2.24) is 19.7 Å². The average Bonchev–Trinajstić information content (AvgIpc) is 2.81.